The summed E-state index contributed by atoms with van der Waals surface area (Å²) < 4.78 is 29.7. The van der Waals surface area contributed by atoms with Gasteiger partial charge in [0.15, 0.2) is 0 Å². The van der Waals surface area contributed by atoms with E-state index in [9.17, 15) is 8.42 Å². The number of H-pyrrole nitrogens is 1. The maximum absolute atomic E-state index is 12.8. The molecule has 1 aliphatic rings. The number of aromatic amines is 1. The van der Waals surface area contributed by atoms with E-state index in [-0.39, 0.29) is 4.90 Å². The molecule has 6 nitrogen and oxygen atoms in total. The second-order valence-corrected chi connectivity index (χ2v) is 8.43. The van der Waals surface area contributed by atoms with Crippen molar-refractivity contribution >= 4 is 38.1 Å². The van der Waals surface area contributed by atoms with Crippen LogP contribution in [-0.4, -0.2) is 24.2 Å². The molecule has 0 unspecified atom stereocenters. The highest BCUT2D eigenvalue weighted by molar-refractivity contribution is 7.90. The summed E-state index contributed by atoms with van der Waals surface area (Å²) in [5, 5.41) is 1.14. The topological polar surface area (TPSA) is 78.4 Å². The minimum Gasteiger partial charge on any atom is -0.361 e. The van der Waals surface area contributed by atoms with Gasteiger partial charge in [-0.25, -0.2) is 0 Å². The molecule has 0 saturated heterocycles. The molecule has 0 fully saturated rings. The molecule has 5 rings (SSSR count). The van der Waals surface area contributed by atoms with Crippen LogP contribution in [0.15, 0.2) is 88.5 Å². The average Bonchev–Trinajstić information content (AvgIpc) is 3.16. The SMILES string of the molecule is O=S1(=O)N=C(CCc2c[nH]c3ccccc23)N(c2ccccc2)c2ccncc21. The molecule has 144 valence electrons. The van der Waals surface area contributed by atoms with Gasteiger partial charge in [0.05, 0.1) is 5.69 Å². The summed E-state index contributed by atoms with van der Waals surface area (Å²) in [4.78, 5) is 9.29. The predicted octanol–water partition coefficient (Wildman–Crippen LogP) is 4.43. The first-order chi connectivity index (χ1) is 14.1. The zero-order valence-corrected chi connectivity index (χ0v) is 16.3. The molecule has 7 heteroatoms. The summed E-state index contributed by atoms with van der Waals surface area (Å²) in [7, 11) is -3.79. The molecular formula is C22H18N4O2S. The van der Waals surface area contributed by atoms with Crippen LogP contribution in [0.1, 0.15) is 12.0 Å². The Labute approximate surface area is 168 Å². The molecule has 0 radical (unpaired) electrons. The van der Waals surface area contributed by atoms with Crippen LogP contribution >= 0.6 is 0 Å². The lowest BCUT2D eigenvalue weighted by atomic mass is 10.1. The van der Waals surface area contributed by atoms with Gasteiger partial charge >= 0.3 is 0 Å². The minimum atomic E-state index is -3.79. The van der Waals surface area contributed by atoms with Gasteiger partial charge in [0, 0.05) is 41.6 Å². The summed E-state index contributed by atoms with van der Waals surface area (Å²) in [6.07, 6.45) is 6.10. The Bertz CT molecular complexity index is 1330. The van der Waals surface area contributed by atoms with Gasteiger partial charge in [-0.3, -0.25) is 9.88 Å². The van der Waals surface area contributed by atoms with Gasteiger partial charge in [0.2, 0.25) is 0 Å². The molecule has 3 heterocycles. The highest BCUT2D eigenvalue weighted by Crippen LogP contribution is 2.37. The van der Waals surface area contributed by atoms with Crippen LogP contribution in [-0.2, 0) is 16.4 Å². The monoisotopic (exact) mass is 402 g/mol. The summed E-state index contributed by atoms with van der Waals surface area (Å²) in [5.74, 6) is 0.500. The Morgan fingerprint density at radius 1 is 0.931 bits per heavy atom. The van der Waals surface area contributed by atoms with E-state index >= 15 is 0 Å². The number of sulfonamides is 1. The molecule has 0 spiro atoms. The third-order valence-electron chi connectivity index (χ3n) is 5.07. The molecule has 29 heavy (non-hydrogen) atoms. The number of aryl methyl sites for hydroxylation is 1. The van der Waals surface area contributed by atoms with E-state index < -0.39 is 10.0 Å². The van der Waals surface area contributed by atoms with E-state index in [1.807, 2.05) is 59.6 Å². The van der Waals surface area contributed by atoms with Gasteiger partial charge in [-0.15, -0.1) is 4.40 Å². The number of rotatable bonds is 4. The molecule has 0 amide bonds. The molecule has 2 aromatic carbocycles. The highest BCUT2D eigenvalue weighted by Gasteiger charge is 2.31. The van der Waals surface area contributed by atoms with E-state index in [1.165, 1.54) is 6.20 Å². The quantitative estimate of drug-likeness (QED) is 0.548. The van der Waals surface area contributed by atoms with Gasteiger partial charge in [-0.05, 0) is 36.2 Å². The van der Waals surface area contributed by atoms with Gasteiger partial charge in [0.25, 0.3) is 10.0 Å². The van der Waals surface area contributed by atoms with Crippen molar-refractivity contribution in [2.45, 2.75) is 17.7 Å². The second-order valence-electron chi connectivity index (χ2n) is 6.86. The maximum atomic E-state index is 12.8. The molecule has 0 bridgehead atoms. The van der Waals surface area contributed by atoms with Gasteiger partial charge < -0.3 is 4.98 Å². The van der Waals surface area contributed by atoms with Crippen LogP contribution in [0.5, 0.6) is 0 Å². The Morgan fingerprint density at radius 3 is 2.59 bits per heavy atom. The highest BCUT2D eigenvalue weighted by atomic mass is 32.2. The van der Waals surface area contributed by atoms with Crippen LogP contribution < -0.4 is 4.90 Å². The number of benzene rings is 2. The van der Waals surface area contributed by atoms with Gasteiger partial charge in [-0.1, -0.05) is 36.4 Å². The van der Waals surface area contributed by atoms with Crippen LogP contribution in [0.4, 0.5) is 11.4 Å². The van der Waals surface area contributed by atoms with Crippen molar-refractivity contribution in [3.8, 4) is 0 Å². The van der Waals surface area contributed by atoms with E-state index in [0.29, 0.717) is 24.4 Å². The number of amidine groups is 1. The van der Waals surface area contributed by atoms with Crippen molar-refractivity contribution in [1.82, 2.24) is 9.97 Å². The number of hydrogen-bond acceptors (Lipinski definition) is 4. The number of pyridine rings is 1. The van der Waals surface area contributed by atoms with E-state index in [0.717, 1.165) is 22.2 Å². The normalized spacial score (nSPS) is 15.2. The van der Waals surface area contributed by atoms with Crippen LogP contribution in [0, 0.1) is 0 Å². The predicted molar refractivity (Wildman–Crippen MR) is 114 cm³/mol. The minimum absolute atomic E-state index is 0.125. The summed E-state index contributed by atoms with van der Waals surface area (Å²) in [6.45, 7) is 0. The van der Waals surface area contributed by atoms with Crippen molar-refractivity contribution in [3.63, 3.8) is 0 Å². The molecule has 0 saturated carbocycles. The zero-order chi connectivity index (χ0) is 19.8. The Morgan fingerprint density at radius 2 is 1.72 bits per heavy atom. The third-order valence-corrected chi connectivity index (χ3v) is 6.39. The van der Waals surface area contributed by atoms with Gasteiger partial charge in [-0.2, -0.15) is 8.42 Å². The van der Waals surface area contributed by atoms with Crippen molar-refractivity contribution in [2.75, 3.05) is 4.90 Å². The first-order valence-corrected chi connectivity index (χ1v) is 10.8. The van der Waals surface area contributed by atoms with Crippen molar-refractivity contribution in [1.29, 1.82) is 0 Å². The fourth-order valence-electron chi connectivity index (χ4n) is 3.73. The van der Waals surface area contributed by atoms with E-state index in [2.05, 4.69) is 20.4 Å². The molecule has 0 aliphatic carbocycles. The van der Waals surface area contributed by atoms with Crippen molar-refractivity contribution in [2.24, 2.45) is 4.40 Å². The number of anilines is 2. The average molecular weight is 402 g/mol. The van der Waals surface area contributed by atoms with Crippen LogP contribution in [0.2, 0.25) is 0 Å². The smallest absolute Gasteiger partial charge is 0.287 e. The molecule has 1 N–H and O–H groups in total. The number of aromatic nitrogens is 2. The van der Waals surface area contributed by atoms with E-state index in [1.54, 1.807) is 12.3 Å². The lowest BCUT2D eigenvalue weighted by molar-refractivity contribution is 0.596. The standard InChI is InChI=1S/C22H18N4O2S/c27-29(28)21-15-23-13-12-20(21)26(17-6-2-1-3-7-17)22(25-29)11-10-16-14-24-19-9-5-4-8-18(16)19/h1-9,12-15,24H,10-11H2. The van der Waals surface area contributed by atoms with Crippen molar-refractivity contribution < 1.29 is 8.42 Å². The molecule has 2 aromatic heterocycles. The number of fused-ring (bicyclic) bond motifs is 2. The first-order valence-electron chi connectivity index (χ1n) is 9.31. The van der Waals surface area contributed by atoms with E-state index in [4.69, 9.17) is 0 Å². The Kier molecular flexibility index (Phi) is 4.17. The van der Waals surface area contributed by atoms with Crippen molar-refractivity contribution in [3.05, 3.63) is 84.8 Å². The Hall–Kier alpha value is -3.45. The first kappa shape index (κ1) is 17.6. The number of para-hydroxylation sites is 2. The molecular weight excluding hydrogens is 384 g/mol. The largest absolute Gasteiger partial charge is 0.361 e. The number of nitrogens with zero attached hydrogens (tertiary/aromatic N) is 3. The summed E-state index contributed by atoms with van der Waals surface area (Å²) in [6, 6.07) is 19.5. The van der Waals surface area contributed by atoms with Crippen LogP contribution in [0.3, 0.4) is 0 Å². The molecule has 1 aliphatic heterocycles. The second kappa shape index (κ2) is 6.86. The zero-order valence-electron chi connectivity index (χ0n) is 15.5. The van der Waals surface area contributed by atoms with Crippen LogP contribution in [0.25, 0.3) is 10.9 Å². The Balaban J connectivity index is 1.57. The summed E-state index contributed by atoms with van der Waals surface area (Å²) in [5.41, 5.74) is 3.65. The maximum Gasteiger partial charge on any atom is 0.287 e. The fraction of sp³-hybridized carbons (Fsp3) is 0.0909. The summed E-state index contributed by atoms with van der Waals surface area (Å²) >= 11 is 0. The molecule has 4 aromatic rings. The van der Waals surface area contributed by atoms with Gasteiger partial charge in [0.1, 0.15) is 10.7 Å². The lowest BCUT2D eigenvalue weighted by Crippen LogP contribution is -2.32. The molecule has 0 atom stereocenters. The number of hydrogen-bond donors (Lipinski definition) is 1. The fourth-order valence-corrected chi connectivity index (χ4v) is 4.90. The number of nitrogens with one attached hydrogen (secondary N) is 1. The lowest BCUT2D eigenvalue weighted by Gasteiger charge is -2.30. The third kappa shape index (κ3) is 3.09.